The van der Waals surface area contributed by atoms with Crippen LogP contribution in [0.25, 0.3) is 0 Å². The molecule has 0 aliphatic heterocycles. The van der Waals surface area contributed by atoms with E-state index in [0.29, 0.717) is 60.0 Å². The van der Waals surface area contributed by atoms with Crippen LogP contribution in [0.2, 0.25) is 15.1 Å². The summed E-state index contributed by atoms with van der Waals surface area (Å²) in [6.07, 6.45) is 5.57. The number of amides is 1. The van der Waals surface area contributed by atoms with Crippen LogP contribution in [0.1, 0.15) is 60.8 Å². The molecule has 1 saturated carbocycles. The number of nitrogens with one attached hydrogen (secondary N) is 1. The summed E-state index contributed by atoms with van der Waals surface area (Å²) in [4.78, 5) is 27.5. The molecule has 0 radical (unpaired) electrons. The van der Waals surface area contributed by atoms with Crippen LogP contribution in [0.5, 0.6) is 11.5 Å². The van der Waals surface area contributed by atoms with E-state index < -0.39 is 0 Å². The van der Waals surface area contributed by atoms with Gasteiger partial charge < -0.3 is 24.4 Å². The molecular weight excluding hydrogens is 659 g/mol. The number of rotatable bonds is 19. The Morgan fingerprint density at radius 3 is 2.38 bits per heavy atom. The topological polar surface area (TPSA) is 77.1 Å². The van der Waals surface area contributed by atoms with Crippen molar-refractivity contribution >= 4 is 46.7 Å². The molecule has 1 fully saturated rings. The number of halogens is 3. The second kappa shape index (κ2) is 18.5. The van der Waals surface area contributed by atoms with Crippen molar-refractivity contribution in [2.75, 3.05) is 33.4 Å². The minimum absolute atomic E-state index is 0.101. The number of esters is 1. The molecule has 47 heavy (non-hydrogen) atoms. The fourth-order valence-electron chi connectivity index (χ4n) is 5.58. The summed E-state index contributed by atoms with van der Waals surface area (Å²) in [5, 5.41) is 5.08. The monoisotopic (exact) mass is 702 g/mol. The van der Waals surface area contributed by atoms with Crippen LogP contribution in [0.3, 0.4) is 0 Å². The Bertz CT molecular complexity index is 1460. The zero-order valence-corrected chi connectivity index (χ0v) is 29.7. The summed E-state index contributed by atoms with van der Waals surface area (Å²) >= 11 is 19.2. The van der Waals surface area contributed by atoms with E-state index in [0.717, 1.165) is 66.7 Å². The lowest BCUT2D eigenvalue weighted by atomic mass is 9.97. The number of aryl methyl sites for hydroxylation is 2. The molecule has 254 valence electrons. The Labute approximate surface area is 293 Å². The van der Waals surface area contributed by atoms with Gasteiger partial charge in [0.2, 0.25) is 5.91 Å². The standard InChI is InChI=1S/C37H45Cl3N2O5/c1-25-20-26(2)36(33(39)21-25)47-19-18-46-31-15-11-27(12-16-31)22-29(23-41-17-6-4-5-10-34(43)45-3)37(44)42(30-13-14-30)24-28-8-7-9-32(38)35(28)40/h7-9,11-12,15-16,20-21,29-30,41H,4-6,10,13-14,17-19,22-24H2,1-3H3. The highest BCUT2D eigenvalue weighted by Crippen LogP contribution is 2.34. The SMILES string of the molecule is COC(=O)CCCCCNCC(Cc1ccc(OCCOc2c(C)cc(C)cc2Cl)cc1)C(=O)N(Cc1cccc(Cl)c1Cl)C1CC1. The fraction of sp³-hybridized carbons (Fsp3) is 0.459. The van der Waals surface area contributed by atoms with Crippen LogP contribution in [0.4, 0.5) is 0 Å². The first-order valence-electron chi connectivity index (χ1n) is 16.3. The van der Waals surface area contributed by atoms with Gasteiger partial charge in [-0.05, 0) is 99.0 Å². The van der Waals surface area contributed by atoms with E-state index in [4.69, 9.17) is 49.0 Å². The zero-order valence-electron chi connectivity index (χ0n) is 27.5. The van der Waals surface area contributed by atoms with Crippen molar-refractivity contribution in [2.24, 2.45) is 5.92 Å². The van der Waals surface area contributed by atoms with Crippen LogP contribution in [-0.4, -0.2) is 56.2 Å². The summed E-state index contributed by atoms with van der Waals surface area (Å²) in [6.45, 7) is 6.44. The third-order valence-corrected chi connectivity index (χ3v) is 9.36. The van der Waals surface area contributed by atoms with Gasteiger partial charge in [0.1, 0.15) is 24.7 Å². The molecule has 1 atom stereocenters. The van der Waals surface area contributed by atoms with Crippen molar-refractivity contribution in [1.82, 2.24) is 10.2 Å². The number of unbranched alkanes of at least 4 members (excludes halogenated alkanes) is 2. The van der Waals surface area contributed by atoms with E-state index in [1.807, 2.05) is 67.3 Å². The van der Waals surface area contributed by atoms with Crippen LogP contribution in [-0.2, 0) is 27.3 Å². The molecule has 1 unspecified atom stereocenters. The van der Waals surface area contributed by atoms with E-state index in [2.05, 4.69) is 5.32 Å². The number of hydrogen-bond donors (Lipinski definition) is 1. The van der Waals surface area contributed by atoms with E-state index in [1.165, 1.54) is 7.11 Å². The molecule has 0 aromatic heterocycles. The molecule has 10 heteroatoms. The molecule has 1 aliphatic carbocycles. The van der Waals surface area contributed by atoms with Gasteiger partial charge in [0.15, 0.2) is 0 Å². The Morgan fingerprint density at radius 1 is 0.936 bits per heavy atom. The van der Waals surface area contributed by atoms with Crippen LogP contribution in [0, 0.1) is 19.8 Å². The second-order valence-electron chi connectivity index (χ2n) is 12.1. The quantitative estimate of drug-likeness (QED) is 0.0999. The maximum Gasteiger partial charge on any atom is 0.305 e. The molecule has 3 aromatic rings. The molecular formula is C37H45Cl3N2O5. The predicted molar refractivity (Wildman–Crippen MR) is 189 cm³/mol. The molecule has 3 aromatic carbocycles. The first-order chi connectivity index (χ1) is 22.7. The lowest BCUT2D eigenvalue weighted by molar-refractivity contribution is -0.140. The predicted octanol–water partition coefficient (Wildman–Crippen LogP) is 8.39. The number of benzene rings is 3. The number of carbonyl (C=O) groups is 2. The van der Waals surface area contributed by atoms with Gasteiger partial charge in [0, 0.05) is 25.6 Å². The highest BCUT2D eigenvalue weighted by molar-refractivity contribution is 6.42. The summed E-state index contributed by atoms with van der Waals surface area (Å²) in [5.41, 5.74) is 3.98. The summed E-state index contributed by atoms with van der Waals surface area (Å²) in [7, 11) is 1.41. The van der Waals surface area contributed by atoms with Crippen molar-refractivity contribution in [1.29, 1.82) is 0 Å². The minimum Gasteiger partial charge on any atom is -0.490 e. The average molecular weight is 704 g/mol. The zero-order chi connectivity index (χ0) is 33.8. The molecule has 0 bridgehead atoms. The molecule has 0 saturated heterocycles. The van der Waals surface area contributed by atoms with Crippen molar-refractivity contribution < 1.29 is 23.8 Å². The van der Waals surface area contributed by atoms with Crippen LogP contribution in [0.15, 0.2) is 54.6 Å². The van der Waals surface area contributed by atoms with E-state index in [1.54, 1.807) is 6.07 Å². The second-order valence-corrected chi connectivity index (χ2v) is 13.3. The summed E-state index contributed by atoms with van der Waals surface area (Å²) in [6, 6.07) is 17.6. The fourth-order valence-corrected chi connectivity index (χ4v) is 6.33. The molecule has 1 aliphatic rings. The van der Waals surface area contributed by atoms with Gasteiger partial charge in [-0.2, -0.15) is 0 Å². The molecule has 1 N–H and O–H groups in total. The van der Waals surface area contributed by atoms with Gasteiger partial charge in [0.25, 0.3) is 0 Å². The van der Waals surface area contributed by atoms with Gasteiger partial charge in [-0.1, -0.05) is 71.6 Å². The van der Waals surface area contributed by atoms with Gasteiger partial charge in [-0.15, -0.1) is 0 Å². The van der Waals surface area contributed by atoms with Crippen LogP contribution >= 0.6 is 34.8 Å². The number of hydrogen-bond acceptors (Lipinski definition) is 6. The van der Waals surface area contributed by atoms with Gasteiger partial charge in [-0.25, -0.2) is 0 Å². The largest absolute Gasteiger partial charge is 0.490 e. The van der Waals surface area contributed by atoms with E-state index in [9.17, 15) is 9.59 Å². The lowest BCUT2D eigenvalue weighted by Gasteiger charge is -2.28. The van der Waals surface area contributed by atoms with Crippen molar-refractivity contribution in [3.8, 4) is 11.5 Å². The van der Waals surface area contributed by atoms with Gasteiger partial charge >= 0.3 is 5.97 Å². The van der Waals surface area contributed by atoms with E-state index in [-0.39, 0.29) is 23.8 Å². The molecule has 7 nitrogen and oxygen atoms in total. The Morgan fingerprint density at radius 2 is 1.68 bits per heavy atom. The van der Waals surface area contributed by atoms with E-state index >= 15 is 0 Å². The van der Waals surface area contributed by atoms with Crippen molar-refractivity contribution in [3.05, 3.63) is 91.9 Å². The number of nitrogens with zero attached hydrogens (tertiary/aromatic N) is 1. The Hall–Kier alpha value is -2.97. The van der Waals surface area contributed by atoms with Gasteiger partial charge in [0.05, 0.1) is 28.1 Å². The average Bonchev–Trinajstić information content (AvgIpc) is 3.89. The Kier molecular flexibility index (Phi) is 14.5. The highest BCUT2D eigenvalue weighted by atomic mass is 35.5. The summed E-state index contributed by atoms with van der Waals surface area (Å²) in [5.74, 6) is 1.05. The van der Waals surface area contributed by atoms with Crippen molar-refractivity contribution in [2.45, 2.75) is 71.4 Å². The highest BCUT2D eigenvalue weighted by Gasteiger charge is 2.36. The first kappa shape index (κ1) is 36.9. The van der Waals surface area contributed by atoms with Crippen molar-refractivity contribution in [3.63, 3.8) is 0 Å². The molecule has 0 spiro atoms. The number of carbonyl (C=O) groups excluding carboxylic acids is 2. The normalized spacial score (nSPS) is 13.2. The lowest BCUT2D eigenvalue weighted by Crippen LogP contribution is -2.42. The molecule has 4 rings (SSSR count). The maximum absolute atomic E-state index is 14.1. The number of methoxy groups -OCH3 is 1. The minimum atomic E-state index is -0.272. The maximum atomic E-state index is 14.1. The smallest absolute Gasteiger partial charge is 0.305 e. The third kappa shape index (κ3) is 11.6. The molecule has 1 amide bonds. The van der Waals surface area contributed by atoms with Crippen LogP contribution < -0.4 is 14.8 Å². The first-order valence-corrected chi connectivity index (χ1v) is 17.4. The number of ether oxygens (including phenoxy) is 3. The summed E-state index contributed by atoms with van der Waals surface area (Å²) < 4.78 is 16.5. The third-order valence-electron chi connectivity index (χ3n) is 8.22. The molecule has 0 heterocycles. The Balaban J connectivity index is 1.36. The van der Waals surface area contributed by atoms with Gasteiger partial charge in [-0.3, -0.25) is 9.59 Å².